The molecule has 0 saturated carbocycles. The predicted molar refractivity (Wildman–Crippen MR) is 77.5 cm³/mol. The number of anilines is 1. The number of hydrogen-bond donors (Lipinski definition) is 3. The van der Waals surface area contributed by atoms with Crippen LogP contribution in [-0.4, -0.2) is 22.0 Å². The number of nitrogens with one attached hydrogen (secondary N) is 3. The van der Waals surface area contributed by atoms with Crippen molar-refractivity contribution in [2.75, 3.05) is 5.32 Å². The molecule has 2 aromatic rings. The third-order valence-corrected chi connectivity index (χ3v) is 2.72. The summed E-state index contributed by atoms with van der Waals surface area (Å²) in [6.07, 6.45) is 0. The summed E-state index contributed by atoms with van der Waals surface area (Å²) >= 11 is 0. The van der Waals surface area contributed by atoms with Crippen molar-refractivity contribution in [1.29, 1.82) is 0 Å². The van der Waals surface area contributed by atoms with Crippen LogP contribution in [0.4, 0.5) is 10.5 Å². The van der Waals surface area contributed by atoms with E-state index in [4.69, 9.17) is 0 Å². The lowest BCUT2D eigenvalue weighted by atomic mass is 10.2. The number of rotatable bonds is 3. The van der Waals surface area contributed by atoms with Crippen molar-refractivity contribution in [3.05, 3.63) is 24.0 Å². The molecular formula is C14H20N4O. The summed E-state index contributed by atoms with van der Waals surface area (Å²) in [5.41, 5.74) is 2.61. The fourth-order valence-corrected chi connectivity index (χ4v) is 1.81. The van der Waals surface area contributed by atoms with E-state index in [2.05, 4.69) is 34.4 Å². The van der Waals surface area contributed by atoms with Gasteiger partial charge in [-0.3, -0.25) is 0 Å². The molecule has 102 valence electrons. The number of fused-ring (bicyclic) bond motifs is 1. The molecule has 0 aliphatic carbocycles. The van der Waals surface area contributed by atoms with Gasteiger partial charge < -0.3 is 15.6 Å². The molecule has 19 heavy (non-hydrogen) atoms. The van der Waals surface area contributed by atoms with Gasteiger partial charge in [0.15, 0.2) is 0 Å². The lowest BCUT2D eigenvalue weighted by Crippen LogP contribution is -2.34. The van der Waals surface area contributed by atoms with Gasteiger partial charge in [0.25, 0.3) is 0 Å². The second-order valence-electron chi connectivity index (χ2n) is 5.26. The van der Waals surface area contributed by atoms with Crippen LogP contribution >= 0.6 is 0 Å². The Morgan fingerprint density at radius 1 is 1.26 bits per heavy atom. The van der Waals surface area contributed by atoms with Gasteiger partial charge in [-0.25, -0.2) is 9.78 Å². The summed E-state index contributed by atoms with van der Waals surface area (Å²) in [5.74, 6) is 1.31. The standard InChI is InChI=1S/C14H20N4O/c1-8(2)13-17-11-6-5-10(7-12(11)18-13)16-14(19)15-9(3)4/h5-9H,1-4H3,(H,17,18)(H2,15,16,19). The molecular weight excluding hydrogens is 240 g/mol. The van der Waals surface area contributed by atoms with Crippen molar-refractivity contribution >= 4 is 22.8 Å². The number of aromatic amines is 1. The Labute approximate surface area is 112 Å². The van der Waals surface area contributed by atoms with Gasteiger partial charge in [0.2, 0.25) is 0 Å². The molecule has 0 radical (unpaired) electrons. The Morgan fingerprint density at radius 2 is 2.00 bits per heavy atom. The number of aromatic nitrogens is 2. The topological polar surface area (TPSA) is 69.8 Å². The van der Waals surface area contributed by atoms with E-state index in [-0.39, 0.29) is 12.1 Å². The van der Waals surface area contributed by atoms with Crippen molar-refractivity contribution < 1.29 is 4.79 Å². The first-order valence-electron chi connectivity index (χ1n) is 6.53. The first kappa shape index (κ1) is 13.4. The second kappa shape index (κ2) is 5.30. The molecule has 1 aromatic heterocycles. The molecule has 0 aliphatic rings. The summed E-state index contributed by atoms with van der Waals surface area (Å²) in [6, 6.07) is 5.57. The van der Waals surface area contributed by atoms with Gasteiger partial charge in [-0.15, -0.1) is 0 Å². The molecule has 2 rings (SSSR count). The van der Waals surface area contributed by atoms with Crippen molar-refractivity contribution in [1.82, 2.24) is 15.3 Å². The minimum Gasteiger partial charge on any atom is -0.342 e. The third-order valence-electron chi connectivity index (χ3n) is 2.72. The zero-order valence-corrected chi connectivity index (χ0v) is 11.7. The molecule has 1 heterocycles. The van der Waals surface area contributed by atoms with Crippen LogP contribution in [0.15, 0.2) is 18.2 Å². The molecule has 5 heteroatoms. The SMILES string of the molecule is CC(C)NC(=O)Nc1ccc2nc(C(C)C)[nH]c2c1. The van der Waals surface area contributed by atoms with E-state index >= 15 is 0 Å². The highest BCUT2D eigenvalue weighted by Crippen LogP contribution is 2.20. The van der Waals surface area contributed by atoms with Crippen LogP contribution in [-0.2, 0) is 0 Å². The monoisotopic (exact) mass is 260 g/mol. The average molecular weight is 260 g/mol. The van der Waals surface area contributed by atoms with Crippen LogP contribution in [0.1, 0.15) is 39.4 Å². The minimum atomic E-state index is -0.196. The van der Waals surface area contributed by atoms with Crippen LogP contribution in [0.2, 0.25) is 0 Å². The van der Waals surface area contributed by atoms with Crippen LogP contribution < -0.4 is 10.6 Å². The second-order valence-corrected chi connectivity index (χ2v) is 5.26. The number of nitrogens with zero attached hydrogens (tertiary/aromatic N) is 1. The highest BCUT2D eigenvalue weighted by molar-refractivity contribution is 5.92. The van der Waals surface area contributed by atoms with Crippen molar-refractivity contribution in [3.8, 4) is 0 Å². The summed E-state index contributed by atoms with van der Waals surface area (Å²) in [6.45, 7) is 8.03. The summed E-state index contributed by atoms with van der Waals surface area (Å²) in [7, 11) is 0. The zero-order chi connectivity index (χ0) is 14.0. The molecule has 0 fully saturated rings. The normalized spacial score (nSPS) is 11.3. The number of amides is 2. The first-order valence-corrected chi connectivity index (χ1v) is 6.53. The first-order chi connectivity index (χ1) is 8.95. The lowest BCUT2D eigenvalue weighted by molar-refractivity contribution is 0.250. The molecule has 0 bridgehead atoms. The van der Waals surface area contributed by atoms with E-state index in [0.29, 0.717) is 5.92 Å². The molecule has 0 saturated heterocycles. The van der Waals surface area contributed by atoms with Gasteiger partial charge in [-0.2, -0.15) is 0 Å². The maximum Gasteiger partial charge on any atom is 0.319 e. The van der Waals surface area contributed by atoms with Crippen molar-refractivity contribution in [2.24, 2.45) is 0 Å². The van der Waals surface area contributed by atoms with Crippen LogP contribution in [0.5, 0.6) is 0 Å². The molecule has 3 N–H and O–H groups in total. The Bertz CT molecular complexity index is 586. The van der Waals surface area contributed by atoms with E-state index < -0.39 is 0 Å². The molecule has 0 aliphatic heterocycles. The predicted octanol–water partition coefficient (Wildman–Crippen LogP) is 3.22. The number of carbonyl (C=O) groups is 1. The third kappa shape index (κ3) is 3.24. The van der Waals surface area contributed by atoms with Crippen LogP contribution in [0.3, 0.4) is 0 Å². The molecule has 2 amide bonds. The minimum absolute atomic E-state index is 0.114. The van der Waals surface area contributed by atoms with Gasteiger partial charge in [0.1, 0.15) is 5.82 Å². The van der Waals surface area contributed by atoms with Crippen molar-refractivity contribution in [2.45, 2.75) is 39.7 Å². The number of hydrogen-bond acceptors (Lipinski definition) is 2. The fourth-order valence-electron chi connectivity index (χ4n) is 1.81. The van der Waals surface area contributed by atoms with E-state index in [9.17, 15) is 4.79 Å². The Kier molecular flexibility index (Phi) is 3.74. The highest BCUT2D eigenvalue weighted by atomic mass is 16.2. The lowest BCUT2D eigenvalue weighted by Gasteiger charge is -2.09. The quantitative estimate of drug-likeness (QED) is 0.793. The fraction of sp³-hybridized carbons (Fsp3) is 0.429. The number of imidazole rings is 1. The Morgan fingerprint density at radius 3 is 2.63 bits per heavy atom. The van der Waals surface area contributed by atoms with Gasteiger partial charge in [0.05, 0.1) is 11.0 Å². The molecule has 0 spiro atoms. The number of carbonyl (C=O) groups excluding carboxylic acids is 1. The highest BCUT2D eigenvalue weighted by Gasteiger charge is 2.08. The van der Waals surface area contributed by atoms with Gasteiger partial charge in [-0.1, -0.05) is 13.8 Å². The summed E-state index contributed by atoms with van der Waals surface area (Å²) in [5, 5.41) is 5.59. The molecule has 0 atom stereocenters. The van der Waals surface area contributed by atoms with Crippen LogP contribution in [0, 0.1) is 0 Å². The maximum absolute atomic E-state index is 11.6. The Balaban J connectivity index is 2.19. The van der Waals surface area contributed by atoms with Gasteiger partial charge >= 0.3 is 6.03 Å². The number of urea groups is 1. The van der Waals surface area contributed by atoms with Crippen LogP contribution in [0.25, 0.3) is 11.0 Å². The van der Waals surface area contributed by atoms with Crippen molar-refractivity contribution in [3.63, 3.8) is 0 Å². The largest absolute Gasteiger partial charge is 0.342 e. The molecule has 5 nitrogen and oxygen atoms in total. The summed E-state index contributed by atoms with van der Waals surface area (Å²) < 4.78 is 0. The van der Waals surface area contributed by atoms with E-state index in [1.54, 1.807) is 0 Å². The number of H-pyrrole nitrogens is 1. The van der Waals surface area contributed by atoms with E-state index in [1.165, 1.54) is 0 Å². The zero-order valence-electron chi connectivity index (χ0n) is 11.7. The molecule has 1 aromatic carbocycles. The smallest absolute Gasteiger partial charge is 0.319 e. The average Bonchev–Trinajstić information content (AvgIpc) is 2.70. The molecule has 0 unspecified atom stereocenters. The Hall–Kier alpha value is -2.04. The van der Waals surface area contributed by atoms with Gasteiger partial charge in [0, 0.05) is 17.6 Å². The van der Waals surface area contributed by atoms with Gasteiger partial charge in [-0.05, 0) is 32.0 Å². The summed E-state index contributed by atoms with van der Waals surface area (Å²) in [4.78, 5) is 19.4. The number of benzene rings is 1. The van der Waals surface area contributed by atoms with E-state index in [0.717, 1.165) is 22.5 Å². The van der Waals surface area contributed by atoms with E-state index in [1.807, 2.05) is 32.0 Å². The maximum atomic E-state index is 11.6.